The third-order valence-corrected chi connectivity index (χ3v) is 3.56. The molecule has 2 rings (SSSR count). The number of carbonyl (C=O) groups excluding carboxylic acids is 1. The molecule has 0 heterocycles. The number of hydrogen-bond acceptors (Lipinski definition) is 2. The molecule has 1 saturated carbocycles. The molecule has 1 fully saturated rings. The van der Waals surface area contributed by atoms with Gasteiger partial charge in [0.2, 0.25) is 5.91 Å². The van der Waals surface area contributed by atoms with Gasteiger partial charge in [-0.25, -0.2) is 8.78 Å². The molecule has 104 valence electrons. The van der Waals surface area contributed by atoms with Crippen molar-refractivity contribution in [3.05, 3.63) is 35.4 Å². The highest BCUT2D eigenvalue weighted by molar-refractivity contribution is 5.82. The van der Waals surface area contributed by atoms with Crippen LogP contribution in [0.15, 0.2) is 18.2 Å². The Labute approximate surface area is 111 Å². The second kappa shape index (κ2) is 5.65. The van der Waals surface area contributed by atoms with Crippen LogP contribution in [0.1, 0.15) is 24.8 Å². The minimum Gasteiger partial charge on any atom is -0.354 e. The largest absolute Gasteiger partial charge is 0.354 e. The number of likely N-dealkylation sites (N-methyl/N-ethyl adjacent to an activating group) is 1. The predicted octanol–water partition coefficient (Wildman–Crippen LogP) is 1.79. The Bertz CT molecular complexity index is 479. The molecular formula is C14H18F2N2O. The normalized spacial score (nSPS) is 22.9. The van der Waals surface area contributed by atoms with Crippen molar-refractivity contribution in [2.24, 2.45) is 5.92 Å². The van der Waals surface area contributed by atoms with Gasteiger partial charge in [0.15, 0.2) is 0 Å². The maximum atomic E-state index is 13.6. The summed E-state index contributed by atoms with van der Waals surface area (Å²) in [6, 6.07) is 3.72. The monoisotopic (exact) mass is 268 g/mol. The van der Waals surface area contributed by atoms with Gasteiger partial charge < -0.3 is 10.6 Å². The van der Waals surface area contributed by atoms with Gasteiger partial charge in [0, 0.05) is 24.6 Å². The van der Waals surface area contributed by atoms with E-state index in [9.17, 15) is 13.6 Å². The molecule has 1 amide bonds. The summed E-state index contributed by atoms with van der Waals surface area (Å²) in [5.41, 5.74) is 0.434. The molecular weight excluding hydrogens is 250 g/mol. The summed E-state index contributed by atoms with van der Waals surface area (Å²) in [5.74, 6) is -1.53. The summed E-state index contributed by atoms with van der Waals surface area (Å²) in [4.78, 5) is 11.9. The lowest BCUT2D eigenvalue weighted by atomic mass is 10.1. The van der Waals surface area contributed by atoms with Gasteiger partial charge in [-0.1, -0.05) is 6.07 Å². The molecule has 1 aromatic rings. The lowest BCUT2D eigenvalue weighted by molar-refractivity contribution is -0.122. The SMILES string of the molecule is CNC(C)CNC(=O)C1CC1c1ccc(F)cc1F. The number of nitrogens with one attached hydrogen (secondary N) is 2. The van der Waals surface area contributed by atoms with Crippen molar-refractivity contribution in [3.8, 4) is 0 Å². The van der Waals surface area contributed by atoms with Crippen LogP contribution in [0, 0.1) is 17.6 Å². The smallest absolute Gasteiger partial charge is 0.223 e. The van der Waals surface area contributed by atoms with E-state index in [1.165, 1.54) is 12.1 Å². The number of rotatable bonds is 5. The molecule has 5 heteroatoms. The first-order valence-electron chi connectivity index (χ1n) is 6.43. The number of halogens is 2. The second-order valence-corrected chi connectivity index (χ2v) is 5.05. The van der Waals surface area contributed by atoms with Crippen molar-refractivity contribution in [1.82, 2.24) is 10.6 Å². The first-order valence-corrected chi connectivity index (χ1v) is 6.43. The van der Waals surface area contributed by atoms with Crippen LogP contribution in [-0.4, -0.2) is 25.5 Å². The molecule has 0 bridgehead atoms. The number of amides is 1. The molecule has 0 aliphatic heterocycles. The van der Waals surface area contributed by atoms with Crippen LogP contribution in [0.4, 0.5) is 8.78 Å². The molecule has 1 aliphatic rings. The summed E-state index contributed by atoms with van der Waals surface area (Å²) < 4.78 is 26.4. The van der Waals surface area contributed by atoms with E-state index in [2.05, 4.69) is 10.6 Å². The standard InChI is InChI=1S/C14H18F2N2O/c1-8(17-2)7-18-14(19)12-6-11(12)10-4-3-9(15)5-13(10)16/h3-5,8,11-12,17H,6-7H2,1-2H3,(H,18,19). The topological polar surface area (TPSA) is 41.1 Å². The van der Waals surface area contributed by atoms with Crippen LogP contribution >= 0.6 is 0 Å². The molecule has 0 radical (unpaired) electrons. The van der Waals surface area contributed by atoms with Crippen LogP contribution in [0.5, 0.6) is 0 Å². The zero-order valence-electron chi connectivity index (χ0n) is 11.0. The molecule has 1 aliphatic carbocycles. The number of hydrogen-bond donors (Lipinski definition) is 2. The van der Waals surface area contributed by atoms with Crippen molar-refractivity contribution >= 4 is 5.91 Å². The van der Waals surface area contributed by atoms with Crippen LogP contribution in [-0.2, 0) is 4.79 Å². The molecule has 3 atom stereocenters. The van der Waals surface area contributed by atoms with Crippen LogP contribution in [0.2, 0.25) is 0 Å². The lowest BCUT2D eigenvalue weighted by Crippen LogP contribution is -2.38. The fraction of sp³-hybridized carbons (Fsp3) is 0.500. The van der Waals surface area contributed by atoms with Gasteiger partial charge in [-0.2, -0.15) is 0 Å². The maximum absolute atomic E-state index is 13.6. The van der Waals surface area contributed by atoms with E-state index < -0.39 is 11.6 Å². The third kappa shape index (κ3) is 3.29. The fourth-order valence-corrected chi connectivity index (χ4v) is 2.12. The minimum atomic E-state index is -0.592. The molecule has 1 aromatic carbocycles. The first-order chi connectivity index (χ1) is 9.02. The van der Waals surface area contributed by atoms with E-state index in [1.807, 2.05) is 14.0 Å². The lowest BCUT2D eigenvalue weighted by Gasteiger charge is -2.11. The zero-order valence-corrected chi connectivity index (χ0v) is 11.0. The maximum Gasteiger partial charge on any atom is 0.223 e. The first kappa shape index (κ1) is 13.9. The highest BCUT2D eigenvalue weighted by Gasteiger charge is 2.45. The second-order valence-electron chi connectivity index (χ2n) is 5.05. The van der Waals surface area contributed by atoms with Crippen LogP contribution in [0.25, 0.3) is 0 Å². The average molecular weight is 268 g/mol. The molecule has 3 unspecified atom stereocenters. The van der Waals surface area contributed by atoms with Crippen LogP contribution in [0.3, 0.4) is 0 Å². The molecule has 0 saturated heterocycles. The van der Waals surface area contributed by atoms with Crippen molar-refractivity contribution < 1.29 is 13.6 Å². The summed E-state index contributed by atoms with van der Waals surface area (Å²) >= 11 is 0. The molecule has 0 spiro atoms. The Morgan fingerprint density at radius 2 is 2.21 bits per heavy atom. The Kier molecular flexibility index (Phi) is 4.14. The van der Waals surface area contributed by atoms with Gasteiger partial charge in [-0.15, -0.1) is 0 Å². The Morgan fingerprint density at radius 1 is 1.47 bits per heavy atom. The van der Waals surface area contributed by atoms with Gasteiger partial charge in [0.1, 0.15) is 11.6 Å². The van der Waals surface area contributed by atoms with E-state index in [1.54, 1.807) is 0 Å². The summed E-state index contributed by atoms with van der Waals surface area (Å²) in [7, 11) is 1.82. The fourth-order valence-electron chi connectivity index (χ4n) is 2.12. The number of carbonyl (C=O) groups is 1. The highest BCUT2D eigenvalue weighted by atomic mass is 19.1. The van der Waals surface area contributed by atoms with Crippen molar-refractivity contribution in [3.63, 3.8) is 0 Å². The van der Waals surface area contributed by atoms with Crippen molar-refractivity contribution in [2.75, 3.05) is 13.6 Å². The highest BCUT2D eigenvalue weighted by Crippen LogP contribution is 2.48. The molecule has 3 nitrogen and oxygen atoms in total. The molecule has 2 N–H and O–H groups in total. The number of benzene rings is 1. The Balaban J connectivity index is 1.91. The van der Waals surface area contributed by atoms with Crippen LogP contribution < -0.4 is 10.6 Å². The van der Waals surface area contributed by atoms with Gasteiger partial charge in [0.25, 0.3) is 0 Å². The van der Waals surface area contributed by atoms with Gasteiger partial charge in [0.05, 0.1) is 0 Å². The van der Waals surface area contributed by atoms with E-state index in [4.69, 9.17) is 0 Å². The average Bonchev–Trinajstić information content (AvgIpc) is 3.15. The Hall–Kier alpha value is -1.49. The third-order valence-electron chi connectivity index (χ3n) is 3.56. The van der Waals surface area contributed by atoms with Gasteiger partial charge in [-0.3, -0.25) is 4.79 Å². The van der Waals surface area contributed by atoms with E-state index in [0.29, 0.717) is 18.5 Å². The molecule has 19 heavy (non-hydrogen) atoms. The van der Waals surface area contributed by atoms with Crippen molar-refractivity contribution in [1.29, 1.82) is 0 Å². The molecule has 0 aromatic heterocycles. The summed E-state index contributed by atoms with van der Waals surface area (Å²) in [6.45, 7) is 2.51. The van der Waals surface area contributed by atoms with E-state index in [0.717, 1.165) is 6.07 Å². The Morgan fingerprint density at radius 3 is 2.84 bits per heavy atom. The zero-order chi connectivity index (χ0) is 14.0. The minimum absolute atomic E-state index is 0.0594. The van der Waals surface area contributed by atoms with E-state index >= 15 is 0 Å². The summed E-state index contributed by atoms with van der Waals surface area (Å²) in [6.07, 6.45) is 0.627. The predicted molar refractivity (Wildman–Crippen MR) is 68.7 cm³/mol. The summed E-state index contributed by atoms with van der Waals surface area (Å²) in [5, 5.41) is 5.85. The quantitative estimate of drug-likeness (QED) is 0.855. The van der Waals surface area contributed by atoms with E-state index in [-0.39, 0.29) is 23.8 Å². The van der Waals surface area contributed by atoms with Gasteiger partial charge >= 0.3 is 0 Å². The van der Waals surface area contributed by atoms with Gasteiger partial charge in [-0.05, 0) is 37.9 Å². The van der Waals surface area contributed by atoms with Crippen molar-refractivity contribution in [2.45, 2.75) is 25.3 Å².